The molecule has 0 atom stereocenters. The molecule has 128 valence electrons. The molecule has 0 fully saturated rings. The molecule has 0 aliphatic carbocycles. The van der Waals surface area contributed by atoms with Crippen LogP contribution in [0.25, 0.3) is 11.3 Å². The van der Waals surface area contributed by atoms with Gasteiger partial charge in [0.2, 0.25) is 0 Å². The van der Waals surface area contributed by atoms with Gasteiger partial charge in [-0.05, 0) is 30.3 Å². The summed E-state index contributed by atoms with van der Waals surface area (Å²) < 4.78 is 25.4. The second kappa shape index (κ2) is 6.72. The Morgan fingerprint density at radius 3 is 3.00 bits per heavy atom. The minimum Gasteiger partial charge on any atom is -0.486 e. The largest absolute Gasteiger partial charge is 0.486 e. The number of hydrogen-bond acceptors (Lipinski definition) is 4. The van der Waals surface area contributed by atoms with Crippen LogP contribution < -0.4 is 5.32 Å². The van der Waals surface area contributed by atoms with Crippen molar-refractivity contribution in [3.63, 3.8) is 0 Å². The highest BCUT2D eigenvalue weighted by Crippen LogP contribution is 2.41. The molecule has 2 aliphatic heterocycles. The second-order valence-electron chi connectivity index (χ2n) is 5.70. The summed E-state index contributed by atoms with van der Waals surface area (Å²) in [5.74, 6) is -0.224. The van der Waals surface area contributed by atoms with Crippen molar-refractivity contribution >= 4 is 45.5 Å². The van der Waals surface area contributed by atoms with Crippen molar-refractivity contribution in [2.75, 3.05) is 16.5 Å². The van der Waals surface area contributed by atoms with Crippen LogP contribution in [0.5, 0.6) is 0 Å². The number of amides is 1. The van der Waals surface area contributed by atoms with Gasteiger partial charge in [0, 0.05) is 28.9 Å². The molecule has 1 N–H and O–H groups in total. The third-order valence-corrected chi connectivity index (χ3v) is 4.60. The summed E-state index contributed by atoms with van der Waals surface area (Å²) in [5.41, 5.74) is 3.95. The molecule has 5 nitrogen and oxygen atoms in total. The van der Waals surface area contributed by atoms with Gasteiger partial charge in [0.05, 0.1) is 22.5 Å². The number of hydrogen-bond donors (Lipinski definition) is 1. The van der Waals surface area contributed by atoms with Crippen LogP contribution in [0, 0.1) is 5.82 Å². The number of ether oxygens (including phenoxy) is 2. The van der Waals surface area contributed by atoms with Gasteiger partial charge in [-0.1, -0.05) is 22.6 Å². The van der Waals surface area contributed by atoms with E-state index in [9.17, 15) is 9.18 Å². The van der Waals surface area contributed by atoms with Crippen LogP contribution in [0.2, 0.25) is 0 Å². The third kappa shape index (κ3) is 3.02. The standard InChI is InChI=1S/C18H14FIN2O3/c19-10-1-4-14-13(7-10)16(18(23)22-14)17-12-3-2-11(5-6-24-9-20)21-15(12)8-25-17/h1-4,7H,5-6,8-9H2,(H,22,23)/b17-16+. The van der Waals surface area contributed by atoms with Crippen molar-refractivity contribution in [3.8, 4) is 0 Å². The second-order valence-corrected chi connectivity index (χ2v) is 6.32. The lowest BCUT2D eigenvalue weighted by molar-refractivity contribution is -0.110. The van der Waals surface area contributed by atoms with E-state index in [1.54, 1.807) is 6.07 Å². The zero-order valence-electron chi connectivity index (χ0n) is 13.1. The number of benzene rings is 1. The number of aromatic nitrogens is 1. The maximum Gasteiger partial charge on any atom is 0.260 e. The molecule has 0 saturated carbocycles. The maximum absolute atomic E-state index is 13.6. The summed E-state index contributed by atoms with van der Waals surface area (Å²) in [5, 5.41) is 2.75. The molecule has 0 bridgehead atoms. The van der Waals surface area contributed by atoms with Gasteiger partial charge < -0.3 is 14.8 Å². The van der Waals surface area contributed by atoms with Gasteiger partial charge in [-0.25, -0.2) is 4.39 Å². The molecule has 2 aromatic rings. The predicted octanol–water partition coefficient (Wildman–Crippen LogP) is 3.52. The molecule has 1 amide bonds. The summed E-state index contributed by atoms with van der Waals surface area (Å²) in [7, 11) is 0. The number of pyridine rings is 1. The van der Waals surface area contributed by atoms with Crippen molar-refractivity contribution in [2.24, 2.45) is 0 Å². The Hall–Kier alpha value is -2.00. The topological polar surface area (TPSA) is 60.5 Å². The fraction of sp³-hybridized carbons (Fsp3) is 0.222. The van der Waals surface area contributed by atoms with Gasteiger partial charge >= 0.3 is 0 Å². The Bertz CT molecular complexity index is 898. The molecule has 0 unspecified atom stereocenters. The van der Waals surface area contributed by atoms with Crippen molar-refractivity contribution in [1.29, 1.82) is 0 Å². The molecule has 1 aromatic carbocycles. The van der Waals surface area contributed by atoms with E-state index in [0.29, 0.717) is 40.4 Å². The van der Waals surface area contributed by atoms with Crippen LogP contribution in [0.1, 0.15) is 22.5 Å². The lowest BCUT2D eigenvalue weighted by Gasteiger charge is -2.05. The molecule has 1 aromatic heterocycles. The molecule has 25 heavy (non-hydrogen) atoms. The summed E-state index contributed by atoms with van der Waals surface area (Å²) in [6.45, 7) is 0.908. The molecular formula is C18H14FIN2O3. The fourth-order valence-corrected chi connectivity index (χ4v) is 3.34. The maximum atomic E-state index is 13.6. The summed E-state index contributed by atoms with van der Waals surface area (Å²) in [6.07, 6.45) is 0.719. The molecule has 2 aliphatic rings. The van der Waals surface area contributed by atoms with E-state index in [4.69, 9.17) is 9.47 Å². The first-order valence-corrected chi connectivity index (χ1v) is 9.31. The monoisotopic (exact) mass is 452 g/mol. The first-order chi connectivity index (χ1) is 12.2. The van der Waals surface area contributed by atoms with Gasteiger partial charge in [-0.2, -0.15) is 0 Å². The molecule has 0 radical (unpaired) electrons. The number of nitrogens with one attached hydrogen (secondary N) is 1. The van der Waals surface area contributed by atoms with E-state index in [-0.39, 0.29) is 5.91 Å². The summed E-state index contributed by atoms with van der Waals surface area (Å²) in [4.78, 5) is 17.0. The Morgan fingerprint density at radius 1 is 1.28 bits per heavy atom. The van der Waals surface area contributed by atoms with Crippen LogP contribution in [0.3, 0.4) is 0 Å². The molecule has 4 rings (SSSR count). The van der Waals surface area contributed by atoms with Gasteiger partial charge in [-0.15, -0.1) is 0 Å². The van der Waals surface area contributed by atoms with Crippen LogP contribution in [0.4, 0.5) is 10.1 Å². The smallest absolute Gasteiger partial charge is 0.260 e. The normalized spacial score (nSPS) is 17.9. The summed E-state index contributed by atoms with van der Waals surface area (Å²) >= 11 is 2.15. The SMILES string of the molecule is O=C1Nc2ccc(F)cc2/C1=C1\OCc2nc(CCOCI)ccc21. The minimum atomic E-state index is -0.393. The lowest BCUT2D eigenvalue weighted by Crippen LogP contribution is -2.06. The molecule has 0 saturated heterocycles. The van der Waals surface area contributed by atoms with E-state index >= 15 is 0 Å². The highest BCUT2D eigenvalue weighted by Gasteiger charge is 2.33. The number of anilines is 1. The van der Waals surface area contributed by atoms with E-state index in [0.717, 1.165) is 23.4 Å². The molecule has 0 spiro atoms. The van der Waals surface area contributed by atoms with Crippen molar-refractivity contribution in [3.05, 3.63) is 58.7 Å². The summed E-state index contributed by atoms with van der Waals surface area (Å²) in [6, 6.07) is 8.04. The van der Waals surface area contributed by atoms with Crippen molar-refractivity contribution in [1.82, 2.24) is 4.98 Å². The Labute approximate surface area is 157 Å². The minimum absolute atomic E-state index is 0.289. The van der Waals surface area contributed by atoms with Crippen LogP contribution in [-0.2, 0) is 27.3 Å². The Kier molecular flexibility index (Phi) is 4.43. The average molecular weight is 452 g/mol. The van der Waals surface area contributed by atoms with Gasteiger partial charge in [-0.3, -0.25) is 9.78 Å². The number of halogens is 2. The number of carbonyl (C=O) groups excluding carboxylic acids is 1. The highest BCUT2D eigenvalue weighted by molar-refractivity contribution is 14.1. The zero-order chi connectivity index (χ0) is 17.4. The predicted molar refractivity (Wildman–Crippen MR) is 99.4 cm³/mol. The Balaban J connectivity index is 1.72. The number of carbonyl (C=O) groups is 1. The number of rotatable bonds is 4. The number of alkyl halides is 1. The lowest BCUT2D eigenvalue weighted by atomic mass is 10.0. The zero-order valence-corrected chi connectivity index (χ0v) is 15.3. The van der Waals surface area contributed by atoms with Gasteiger partial charge in [0.1, 0.15) is 18.2 Å². The van der Waals surface area contributed by atoms with E-state index in [1.807, 2.05) is 12.1 Å². The third-order valence-electron chi connectivity index (χ3n) is 4.16. The molecule has 7 heteroatoms. The molecular weight excluding hydrogens is 438 g/mol. The number of fused-ring (bicyclic) bond motifs is 2. The van der Waals surface area contributed by atoms with E-state index < -0.39 is 5.82 Å². The van der Waals surface area contributed by atoms with E-state index in [1.165, 1.54) is 12.1 Å². The van der Waals surface area contributed by atoms with Crippen molar-refractivity contribution in [2.45, 2.75) is 13.0 Å². The van der Waals surface area contributed by atoms with E-state index in [2.05, 4.69) is 32.9 Å². The van der Waals surface area contributed by atoms with Crippen LogP contribution in [0.15, 0.2) is 30.3 Å². The first-order valence-electron chi connectivity index (χ1n) is 7.78. The quantitative estimate of drug-likeness (QED) is 0.334. The van der Waals surface area contributed by atoms with Crippen molar-refractivity contribution < 1.29 is 18.7 Å². The number of nitrogens with zero attached hydrogens (tertiary/aromatic N) is 1. The van der Waals surface area contributed by atoms with Gasteiger partial charge in [0.25, 0.3) is 5.91 Å². The van der Waals surface area contributed by atoms with Gasteiger partial charge in [0.15, 0.2) is 0 Å². The first kappa shape index (κ1) is 16.5. The van der Waals surface area contributed by atoms with Crippen LogP contribution in [-0.4, -0.2) is 22.1 Å². The van der Waals surface area contributed by atoms with Crippen LogP contribution >= 0.6 is 22.6 Å². The molecule has 3 heterocycles. The average Bonchev–Trinajstić information content (AvgIpc) is 3.14. The fourth-order valence-electron chi connectivity index (χ4n) is 3.02. The Morgan fingerprint density at radius 2 is 2.16 bits per heavy atom. The highest BCUT2D eigenvalue weighted by atomic mass is 127.